The third-order valence-corrected chi connectivity index (χ3v) is 6.11. The predicted molar refractivity (Wildman–Crippen MR) is 106 cm³/mol. The number of piperidine rings is 1. The first-order chi connectivity index (χ1) is 11.7. The van der Waals surface area contributed by atoms with Crippen molar-refractivity contribution in [3.63, 3.8) is 0 Å². The summed E-state index contributed by atoms with van der Waals surface area (Å²) in [6, 6.07) is 0.265. The molecule has 0 radical (unpaired) electrons. The highest BCUT2D eigenvalue weighted by Crippen LogP contribution is 2.15. The van der Waals surface area contributed by atoms with E-state index in [1.165, 1.54) is 0 Å². The van der Waals surface area contributed by atoms with Crippen molar-refractivity contribution in [3.05, 3.63) is 0 Å². The Morgan fingerprint density at radius 2 is 1.84 bits per heavy atom. The molecule has 8 heteroatoms. The lowest BCUT2D eigenvalue weighted by molar-refractivity contribution is 0.306. The van der Waals surface area contributed by atoms with Gasteiger partial charge < -0.3 is 16.0 Å². The Morgan fingerprint density at radius 3 is 2.36 bits per heavy atom. The molecule has 0 aromatic rings. The van der Waals surface area contributed by atoms with Gasteiger partial charge >= 0.3 is 0 Å². The fourth-order valence-electron chi connectivity index (χ4n) is 2.78. The van der Waals surface area contributed by atoms with Gasteiger partial charge in [-0.15, -0.1) is 0 Å². The van der Waals surface area contributed by atoms with E-state index in [1.54, 1.807) is 4.31 Å². The highest BCUT2D eigenvalue weighted by Gasteiger charge is 2.27. The Balaban J connectivity index is 2.47. The maximum absolute atomic E-state index is 12.1. The summed E-state index contributed by atoms with van der Waals surface area (Å²) in [4.78, 5) is 4.61. The normalized spacial score (nSPS) is 18.4. The number of nitrogens with one attached hydrogen (secondary N) is 3. The zero-order chi connectivity index (χ0) is 18.9. The van der Waals surface area contributed by atoms with Crippen LogP contribution in [-0.4, -0.2) is 68.7 Å². The summed E-state index contributed by atoms with van der Waals surface area (Å²) in [7, 11) is -3.08. The van der Waals surface area contributed by atoms with E-state index in [9.17, 15) is 8.42 Å². The Hall–Kier alpha value is -0.860. The van der Waals surface area contributed by atoms with Crippen LogP contribution in [0.2, 0.25) is 0 Å². The summed E-state index contributed by atoms with van der Waals surface area (Å²) in [5.41, 5.74) is 0.0953. The van der Waals surface area contributed by atoms with Gasteiger partial charge in [-0.05, 0) is 47.0 Å². The smallest absolute Gasteiger partial charge is 0.214 e. The number of aliphatic imine (C=N–C) groups is 1. The second kappa shape index (κ2) is 10.3. The van der Waals surface area contributed by atoms with Crippen molar-refractivity contribution in [1.29, 1.82) is 0 Å². The van der Waals surface area contributed by atoms with Gasteiger partial charge in [0.25, 0.3) is 0 Å². The molecule has 1 saturated heterocycles. The van der Waals surface area contributed by atoms with Crippen molar-refractivity contribution in [1.82, 2.24) is 20.3 Å². The molecule has 3 N–H and O–H groups in total. The average molecular weight is 376 g/mol. The number of guanidine groups is 1. The van der Waals surface area contributed by atoms with E-state index in [0.717, 1.165) is 31.9 Å². The van der Waals surface area contributed by atoms with Gasteiger partial charge in [0.15, 0.2) is 5.96 Å². The lowest BCUT2D eigenvalue weighted by Gasteiger charge is -2.32. The molecule has 25 heavy (non-hydrogen) atoms. The fourth-order valence-corrected chi connectivity index (χ4v) is 4.32. The molecule has 1 rings (SSSR count). The van der Waals surface area contributed by atoms with Gasteiger partial charge in [0.2, 0.25) is 10.0 Å². The first-order valence-electron chi connectivity index (χ1n) is 9.45. The molecule has 0 bridgehead atoms. The van der Waals surface area contributed by atoms with Crippen LogP contribution in [0.25, 0.3) is 0 Å². The summed E-state index contributed by atoms with van der Waals surface area (Å²) in [6.45, 7) is 13.9. The zero-order valence-electron chi connectivity index (χ0n) is 16.6. The number of hydrogen-bond donors (Lipinski definition) is 3. The molecule has 1 heterocycles. The molecule has 0 amide bonds. The molecule has 0 spiro atoms. The maximum Gasteiger partial charge on any atom is 0.214 e. The zero-order valence-corrected chi connectivity index (χ0v) is 17.4. The molecule has 1 fully saturated rings. The van der Waals surface area contributed by atoms with Gasteiger partial charge in [-0.1, -0.05) is 6.92 Å². The predicted octanol–water partition coefficient (Wildman–Crippen LogP) is 1.13. The first kappa shape index (κ1) is 22.2. The van der Waals surface area contributed by atoms with Crippen molar-refractivity contribution in [2.24, 2.45) is 4.99 Å². The standard InChI is InChI=1S/C17H37N5O2S/c1-6-14-25(23,24)22-12-8-15(9-13-22)21-16(18-7-2)19-10-11-20-17(3,4)5/h15,20H,6-14H2,1-5H3,(H2,18,19,21). The van der Waals surface area contributed by atoms with E-state index in [2.05, 4.69) is 41.7 Å². The van der Waals surface area contributed by atoms with E-state index in [1.807, 2.05) is 13.8 Å². The topological polar surface area (TPSA) is 85.8 Å². The van der Waals surface area contributed by atoms with Crippen molar-refractivity contribution >= 4 is 16.0 Å². The van der Waals surface area contributed by atoms with E-state index in [-0.39, 0.29) is 17.3 Å². The van der Waals surface area contributed by atoms with Crippen LogP contribution in [0.1, 0.15) is 53.9 Å². The molecule has 148 valence electrons. The van der Waals surface area contributed by atoms with E-state index < -0.39 is 10.0 Å². The Bertz CT molecular complexity index is 506. The van der Waals surface area contributed by atoms with Crippen molar-refractivity contribution in [2.75, 3.05) is 38.5 Å². The molecular formula is C17H37N5O2S. The van der Waals surface area contributed by atoms with Gasteiger partial charge in [0, 0.05) is 37.8 Å². The molecule has 0 unspecified atom stereocenters. The summed E-state index contributed by atoms with van der Waals surface area (Å²) in [5.74, 6) is 1.06. The minimum atomic E-state index is -3.08. The van der Waals surface area contributed by atoms with Crippen molar-refractivity contribution < 1.29 is 8.42 Å². The third-order valence-electron chi connectivity index (χ3n) is 4.03. The average Bonchev–Trinajstić information content (AvgIpc) is 2.51. The number of nitrogens with zero attached hydrogens (tertiary/aromatic N) is 2. The van der Waals surface area contributed by atoms with Crippen LogP contribution in [0.15, 0.2) is 4.99 Å². The van der Waals surface area contributed by atoms with E-state index in [0.29, 0.717) is 26.1 Å². The minimum Gasteiger partial charge on any atom is -0.357 e. The van der Waals surface area contributed by atoms with Crippen LogP contribution >= 0.6 is 0 Å². The minimum absolute atomic E-state index is 0.0953. The fraction of sp³-hybridized carbons (Fsp3) is 0.941. The first-order valence-corrected chi connectivity index (χ1v) is 11.1. The van der Waals surface area contributed by atoms with Crippen LogP contribution in [0, 0.1) is 0 Å². The molecule has 0 aliphatic carbocycles. The lowest BCUT2D eigenvalue weighted by Crippen LogP contribution is -2.50. The molecule has 0 atom stereocenters. The summed E-state index contributed by atoms with van der Waals surface area (Å²) < 4.78 is 25.9. The molecule has 0 saturated carbocycles. The van der Waals surface area contributed by atoms with Gasteiger partial charge in [-0.2, -0.15) is 0 Å². The summed E-state index contributed by atoms with van der Waals surface area (Å²) >= 11 is 0. The largest absolute Gasteiger partial charge is 0.357 e. The van der Waals surface area contributed by atoms with Crippen LogP contribution in [-0.2, 0) is 10.0 Å². The van der Waals surface area contributed by atoms with Gasteiger partial charge in [-0.3, -0.25) is 4.99 Å². The second-order valence-corrected chi connectivity index (χ2v) is 9.66. The quantitative estimate of drug-likeness (QED) is 0.336. The molecule has 7 nitrogen and oxygen atoms in total. The molecule has 1 aliphatic heterocycles. The highest BCUT2D eigenvalue weighted by molar-refractivity contribution is 7.89. The van der Waals surface area contributed by atoms with E-state index >= 15 is 0 Å². The van der Waals surface area contributed by atoms with Crippen LogP contribution in [0.3, 0.4) is 0 Å². The highest BCUT2D eigenvalue weighted by atomic mass is 32.2. The molecule has 1 aliphatic rings. The summed E-state index contributed by atoms with van der Waals surface area (Å²) in [5, 5.41) is 10.1. The van der Waals surface area contributed by atoms with Crippen LogP contribution in [0.5, 0.6) is 0 Å². The van der Waals surface area contributed by atoms with Gasteiger partial charge in [0.05, 0.1) is 12.3 Å². The van der Waals surface area contributed by atoms with E-state index in [4.69, 9.17) is 0 Å². The molecule has 0 aromatic heterocycles. The number of rotatable bonds is 8. The Kier molecular flexibility index (Phi) is 9.16. The Labute approximate surface area is 154 Å². The van der Waals surface area contributed by atoms with Crippen molar-refractivity contribution in [3.8, 4) is 0 Å². The molecular weight excluding hydrogens is 338 g/mol. The van der Waals surface area contributed by atoms with Crippen LogP contribution in [0.4, 0.5) is 0 Å². The second-order valence-electron chi connectivity index (χ2n) is 7.57. The number of sulfonamides is 1. The van der Waals surface area contributed by atoms with Gasteiger partial charge in [-0.25, -0.2) is 12.7 Å². The monoisotopic (exact) mass is 375 g/mol. The Morgan fingerprint density at radius 1 is 1.20 bits per heavy atom. The third kappa shape index (κ3) is 8.87. The lowest BCUT2D eigenvalue weighted by atomic mass is 10.1. The van der Waals surface area contributed by atoms with Crippen molar-refractivity contribution in [2.45, 2.75) is 65.5 Å². The maximum atomic E-state index is 12.1. The summed E-state index contributed by atoms with van der Waals surface area (Å²) in [6.07, 6.45) is 2.29. The van der Waals surface area contributed by atoms with Gasteiger partial charge in [0.1, 0.15) is 0 Å². The SMILES string of the molecule is CCCS(=O)(=O)N1CCC(NC(=NCCNC(C)(C)C)NCC)CC1. The number of hydrogen-bond acceptors (Lipinski definition) is 4. The van der Waals surface area contributed by atoms with Crippen LogP contribution < -0.4 is 16.0 Å². The molecule has 0 aromatic carbocycles.